The van der Waals surface area contributed by atoms with Crippen LogP contribution in [0.5, 0.6) is 5.75 Å². The van der Waals surface area contributed by atoms with Crippen molar-refractivity contribution in [2.24, 2.45) is 0 Å². The molecule has 0 radical (unpaired) electrons. The van der Waals surface area contributed by atoms with Gasteiger partial charge in [0.05, 0.1) is 0 Å². The number of nitrogens with zero attached hydrogens (tertiary/aromatic N) is 2. The Morgan fingerprint density at radius 1 is 1.04 bits per heavy atom. The van der Waals surface area contributed by atoms with E-state index in [4.69, 9.17) is 10.5 Å². The second-order valence-corrected chi connectivity index (χ2v) is 5.59. The van der Waals surface area contributed by atoms with Crippen molar-refractivity contribution in [3.8, 4) is 29.0 Å². The van der Waals surface area contributed by atoms with E-state index in [0.717, 1.165) is 0 Å². The number of nitrogens with one attached hydrogen (secondary N) is 1. The largest absolute Gasteiger partial charge is 0.486 e. The van der Waals surface area contributed by atoms with Crippen LogP contribution in [-0.4, -0.2) is 4.98 Å². The third-order valence-corrected chi connectivity index (χ3v) is 3.97. The van der Waals surface area contributed by atoms with Crippen LogP contribution in [0.25, 0.3) is 11.1 Å². The Hall–Kier alpha value is -4.10. The first-order chi connectivity index (χ1) is 13.1. The molecule has 6 nitrogen and oxygen atoms in total. The summed E-state index contributed by atoms with van der Waals surface area (Å²) in [6.07, 6.45) is 0. The molecule has 1 aromatic heterocycles. The van der Waals surface area contributed by atoms with Gasteiger partial charge in [0.2, 0.25) is 0 Å². The second-order valence-electron chi connectivity index (χ2n) is 5.59. The van der Waals surface area contributed by atoms with Crippen LogP contribution in [0.2, 0.25) is 0 Å². The Labute approximate surface area is 153 Å². The normalized spacial score (nSPS) is 10.0. The third-order valence-electron chi connectivity index (χ3n) is 3.97. The number of hydrogen-bond donors (Lipinski definition) is 2. The number of halogens is 1. The molecule has 132 valence electrons. The molecular weight excluding hydrogens is 347 g/mol. The van der Waals surface area contributed by atoms with Gasteiger partial charge < -0.3 is 15.5 Å². The number of nitriles is 2. The molecule has 0 saturated heterocycles. The Morgan fingerprint density at radius 2 is 1.70 bits per heavy atom. The van der Waals surface area contributed by atoms with E-state index < -0.39 is 11.4 Å². The summed E-state index contributed by atoms with van der Waals surface area (Å²) in [6, 6.07) is 16.5. The monoisotopic (exact) mass is 360 g/mol. The molecule has 0 aliphatic heterocycles. The molecule has 0 aliphatic rings. The highest BCUT2D eigenvalue weighted by atomic mass is 19.1. The van der Waals surface area contributed by atoms with Crippen LogP contribution in [-0.2, 0) is 6.61 Å². The number of pyridine rings is 1. The van der Waals surface area contributed by atoms with Crippen LogP contribution in [0.1, 0.15) is 16.7 Å². The summed E-state index contributed by atoms with van der Waals surface area (Å²) in [6.45, 7) is -0.0282. The molecule has 1 heterocycles. The van der Waals surface area contributed by atoms with E-state index in [-0.39, 0.29) is 34.9 Å². The Bertz CT molecular complexity index is 1160. The number of benzene rings is 2. The van der Waals surface area contributed by atoms with Crippen molar-refractivity contribution in [2.75, 3.05) is 5.73 Å². The van der Waals surface area contributed by atoms with E-state index >= 15 is 0 Å². The lowest BCUT2D eigenvalue weighted by Gasteiger charge is -2.14. The molecule has 0 bridgehead atoms. The first-order valence-electron chi connectivity index (χ1n) is 7.88. The minimum atomic E-state index is -0.686. The number of rotatable bonds is 4. The Kier molecular flexibility index (Phi) is 4.87. The number of nitrogens with two attached hydrogens (primary N) is 1. The van der Waals surface area contributed by atoms with Gasteiger partial charge in [0.15, 0.2) is 11.6 Å². The van der Waals surface area contributed by atoms with Gasteiger partial charge in [-0.25, -0.2) is 4.39 Å². The summed E-state index contributed by atoms with van der Waals surface area (Å²) in [5, 5.41) is 18.9. The molecule has 0 saturated carbocycles. The molecule has 0 aliphatic carbocycles. The zero-order chi connectivity index (χ0) is 19.4. The molecule has 3 aromatic rings. The van der Waals surface area contributed by atoms with Gasteiger partial charge in [-0.05, 0) is 23.3 Å². The summed E-state index contributed by atoms with van der Waals surface area (Å²) in [7, 11) is 0. The van der Waals surface area contributed by atoms with Crippen LogP contribution >= 0.6 is 0 Å². The first kappa shape index (κ1) is 17.7. The predicted molar refractivity (Wildman–Crippen MR) is 97.1 cm³/mol. The minimum absolute atomic E-state index is 0.00973. The topological polar surface area (TPSA) is 116 Å². The molecule has 2 aromatic carbocycles. The second kappa shape index (κ2) is 7.42. The molecule has 0 spiro atoms. The molecule has 7 heteroatoms. The molecule has 3 rings (SSSR count). The highest BCUT2D eigenvalue weighted by Crippen LogP contribution is 2.31. The average molecular weight is 360 g/mol. The van der Waals surface area contributed by atoms with Gasteiger partial charge in [0, 0.05) is 5.56 Å². The van der Waals surface area contributed by atoms with Crippen molar-refractivity contribution in [3.05, 3.63) is 81.4 Å². The standard InChI is InChI=1S/C20H13FN4O2/c21-16-7-3-4-8-17(16)27-11-12-5-1-2-6-13(12)18-14(9-22)19(24)25-20(26)15(18)10-23/h1-8H,11H2,(H3,24,25,26). The SMILES string of the molecule is N#Cc1c(N)[nH]c(=O)c(C#N)c1-c1ccccc1COc1ccccc1F. The Morgan fingerprint density at radius 3 is 2.41 bits per heavy atom. The third kappa shape index (κ3) is 3.35. The molecule has 27 heavy (non-hydrogen) atoms. The van der Waals surface area contributed by atoms with Gasteiger partial charge in [-0.1, -0.05) is 36.4 Å². The lowest BCUT2D eigenvalue weighted by molar-refractivity contribution is 0.291. The lowest BCUT2D eigenvalue weighted by Crippen LogP contribution is -2.17. The van der Waals surface area contributed by atoms with Gasteiger partial charge in [-0.2, -0.15) is 10.5 Å². The summed E-state index contributed by atoms with van der Waals surface area (Å²) >= 11 is 0. The first-order valence-corrected chi connectivity index (χ1v) is 7.88. The summed E-state index contributed by atoms with van der Waals surface area (Å²) < 4.78 is 19.3. The number of ether oxygens (including phenoxy) is 1. The van der Waals surface area contributed by atoms with Gasteiger partial charge in [-0.15, -0.1) is 0 Å². The summed E-state index contributed by atoms with van der Waals surface area (Å²) in [5.41, 5.74) is 5.99. The number of para-hydroxylation sites is 1. The number of hydrogen-bond acceptors (Lipinski definition) is 5. The molecule has 3 N–H and O–H groups in total. The number of H-pyrrole nitrogens is 1. The van der Waals surface area contributed by atoms with E-state index in [1.165, 1.54) is 12.1 Å². The van der Waals surface area contributed by atoms with Crippen LogP contribution in [0, 0.1) is 28.5 Å². The quantitative estimate of drug-likeness (QED) is 0.742. The summed E-state index contributed by atoms with van der Waals surface area (Å²) in [5.74, 6) is -0.564. The zero-order valence-corrected chi connectivity index (χ0v) is 14.0. The van der Waals surface area contributed by atoms with E-state index in [2.05, 4.69) is 4.98 Å². The van der Waals surface area contributed by atoms with Crippen molar-refractivity contribution in [1.29, 1.82) is 10.5 Å². The van der Waals surface area contributed by atoms with Crippen molar-refractivity contribution in [2.45, 2.75) is 6.61 Å². The maximum atomic E-state index is 13.8. The van der Waals surface area contributed by atoms with E-state index in [0.29, 0.717) is 11.1 Å². The molecule has 0 amide bonds. The van der Waals surface area contributed by atoms with E-state index in [9.17, 15) is 19.7 Å². The number of anilines is 1. The fraction of sp³-hybridized carbons (Fsp3) is 0.0500. The van der Waals surface area contributed by atoms with Crippen molar-refractivity contribution in [1.82, 2.24) is 4.98 Å². The fourth-order valence-electron chi connectivity index (χ4n) is 2.72. The molecule has 0 atom stereocenters. The number of aromatic nitrogens is 1. The predicted octanol–water partition coefficient (Wildman–Crippen LogP) is 3.09. The van der Waals surface area contributed by atoms with E-state index in [1.807, 2.05) is 12.1 Å². The highest BCUT2D eigenvalue weighted by Gasteiger charge is 2.20. The zero-order valence-electron chi connectivity index (χ0n) is 14.0. The maximum Gasteiger partial charge on any atom is 0.268 e. The maximum absolute atomic E-state index is 13.8. The van der Waals surface area contributed by atoms with Crippen LogP contribution in [0.4, 0.5) is 10.2 Å². The molecule has 0 fully saturated rings. The Balaban J connectivity index is 2.13. The lowest BCUT2D eigenvalue weighted by atomic mass is 9.93. The van der Waals surface area contributed by atoms with Crippen molar-refractivity contribution >= 4 is 5.82 Å². The number of aromatic amines is 1. The smallest absolute Gasteiger partial charge is 0.268 e. The number of nitrogen functional groups attached to an aromatic ring is 1. The van der Waals surface area contributed by atoms with Crippen LogP contribution < -0.4 is 16.0 Å². The molecule has 0 unspecified atom stereocenters. The highest BCUT2D eigenvalue weighted by molar-refractivity contribution is 5.81. The minimum Gasteiger partial charge on any atom is -0.486 e. The van der Waals surface area contributed by atoms with Crippen LogP contribution in [0.3, 0.4) is 0 Å². The average Bonchev–Trinajstić information content (AvgIpc) is 2.67. The summed E-state index contributed by atoms with van der Waals surface area (Å²) in [4.78, 5) is 14.4. The van der Waals surface area contributed by atoms with Gasteiger partial charge in [0.25, 0.3) is 5.56 Å². The van der Waals surface area contributed by atoms with Gasteiger partial charge in [-0.3, -0.25) is 4.79 Å². The molecular formula is C20H13FN4O2. The van der Waals surface area contributed by atoms with Crippen molar-refractivity contribution < 1.29 is 9.13 Å². The van der Waals surface area contributed by atoms with E-state index in [1.54, 1.807) is 36.4 Å². The van der Waals surface area contributed by atoms with Gasteiger partial charge in [0.1, 0.15) is 35.7 Å². The van der Waals surface area contributed by atoms with Crippen molar-refractivity contribution in [3.63, 3.8) is 0 Å². The van der Waals surface area contributed by atoms with Crippen LogP contribution in [0.15, 0.2) is 53.3 Å². The fourth-order valence-corrected chi connectivity index (χ4v) is 2.72. The van der Waals surface area contributed by atoms with Gasteiger partial charge >= 0.3 is 0 Å².